The first-order chi connectivity index (χ1) is 3.93. The molecule has 0 amide bonds. The molecular weight excluding hydrogens is 122 g/mol. The Hall–Kier alpha value is -0.480. The molecule has 44 valence electrons. The van der Waals surface area contributed by atoms with Crippen LogP contribution in [0, 0.1) is 0 Å². The van der Waals surface area contributed by atoms with Crippen molar-refractivity contribution in [1.29, 1.82) is 0 Å². The Kier molecular flexibility index (Phi) is 1.93. The van der Waals surface area contributed by atoms with Gasteiger partial charge < -0.3 is 5.32 Å². The predicted molar refractivity (Wildman–Crippen MR) is 32.7 cm³/mol. The van der Waals surface area contributed by atoms with E-state index < -0.39 is 0 Å². The number of hydrogen-bond acceptors (Lipinski definition) is 4. The molecule has 0 spiro atoms. The van der Waals surface area contributed by atoms with E-state index in [1.807, 2.05) is 7.05 Å². The third kappa shape index (κ3) is 1.24. The van der Waals surface area contributed by atoms with Gasteiger partial charge in [-0.2, -0.15) is 0 Å². The number of nitrogens with one attached hydrogen (secondary N) is 1. The first-order valence-electron chi connectivity index (χ1n) is 2.33. The molecule has 8 heavy (non-hydrogen) atoms. The summed E-state index contributed by atoms with van der Waals surface area (Å²) in [5.74, 6) is 0. The molecular formula is C4H7N3S. The number of nitrogens with zero attached hydrogens (tertiary/aromatic N) is 2. The average molecular weight is 129 g/mol. The van der Waals surface area contributed by atoms with Crippen molar-refractivity contribution < 1.29 is 0 Å². The molecule has 0 aliphatic rings. The molecule has 0 unspecified atom stereocenters. The van der Waals surface area contributed by atoms with Crippen LogP contribution in [-0.4, -0.2) is 17.2 Å². The van der Waals surface area contributed by atoms with Crippen LogP contribution < -0.4 is 5.32 Å². The fraction of sp³-hybridized carbons (Fsp3) is 0.500. The van der Waals surface area contributed by atoms with E-state index in [1.54, 1.807) is 16.8 Å². The zero-order chi connectivity index (χ0) is 5.82. The molecule has 0 saturated carbocycles. The van der Waals surface area contributed by atoms with Crippen molar-refractivity contribution in [3.63, 3.8) is 0 Å². The van der Waals surface area contributed by atoms with Crippen molar-refractivity contribution in [3.8, 4) is 0 Å². The molecule has 1 rings (SSSR count). The van der Waals surface area contributed by atoms with Crippen LogP contribution >= 0.6 is 11.3 Å². The van der Waals surface area contributed by atoms with Gasteiger partial charge in [0, 0.05) is 6.54 Å². The maximum atomic E-state index is 3.81. The van der Waals surface area contributed by atoms with Crippen molar-refractivity contribution in [1.82, 2.24) is 15.5 Å². The van der Waals surface area contributed by atoms with Gasteiger partial charge in [-0.3, -0.25) is 0 Å². The highest BCUT2D eigenvalue weighted by Crippen LogP contribution is 1.98. The van der Waals surface area contributed by atoms with Gasteiger partial charge in [-0.05, 0) is 7.05 Å². The van der Waals surface area contributed by atoms with E-state index in [9.17, 15) is 0 Å². The molecule has 0 aliphatic carbocycles. The van der Waals surface area contributed by atoms with Gasteiger partial charge in [0.25, 0.3) is 0 Å². The Bertz CT molecular complexity index is 137. The molecule has 1 heterocycles. The molecule has 1 N–H and O–H groups in total. The van der Waals surface area contributed by atoms with Crippen molar-refractivity contribution in [3.05, 3.63) is 10.5 Å². The van der Waals surface area contributed by atoms with Gasteiger partial charge in [-0.15, -0.1) is 21.5 Å². The van der Waals surface area contributed by atoms with Crippen LogP contribution in [0.5, 0.6) is 0 Å². The largest absolute Gasteiger partial charge is 0.313 e. The van der Waals surface area contributed by atoms with Gasteiger partial charge in [-0.1, -0.05) is 0 Å². The summed E-state index contributed by atoms with van der Waals surface area (Å²) in [6.07, 6.45) is 0. The first-order valence-corrected chi connectivity index (χ1v) is 3.21. The summed E-state index contributed by atoms with van der Waals surface area (Å²) in [5, 5.41) is 11.5. The Morgan fingerprint density at radius 2 is 2.75 bits per heavy atom. The monoisotopic (exact) mass is 129 g/mol. The maximum Gasteiger partial charge on any atom is 0.131 e. The van der Waals surface area contributed by atoms with E-state index in [1.165, 1.54) is 0 Å². The molecule has 1 aromatic heterocycles. The Morgan fingerprint density at radius 3 is 3.25 bits per heavy atom. The molecule has 0 aliphatic heterocycles. The fourth-order valence-corrected chi connectivity index (χ4v) is 0.962. The van der Waals surface area contributed by atoms with Gasteiger partial charge in [-0.25, -0.2) is 0 Å². The van der Waals surface area contributed by atoms with Crippen LogP contribution in [0.15, 0.2) is 5.51 Å². The summed E-state index contributed by atoms with van der Waals surface area (Å²) >= 11 is 1.56. The summed E-state index contributed by atoms with van der Waals surface area (Å²) in [4.78, 5) is 0. The molecule has 0 bridgehead atoms. The van der Waals surface area contributed by atoms with Crippen LogP contribution in [0.4, 0.5) is 0 Å². The van der Waals surface area contributed by atoms with Crippen molar-refractivity contribution in [2.75, 3.05) is 7.05 Å². The number of aromatic nitrogens is 2. The van der Waals surface area contributed by atoms with Crippen molar-refractivity contribution >= 4 is 11.3 Å². The molecule has 0 atom stereocenters. The zero-order valence-corrected chi connectivity index (χ0v) is 5.40. The highest BCUT2D eigenvalue weighted by Gasteiger charge is 1.89. The third-order valence-electron chi connectivity index (χ3n) is 0.733. The van der Waals surface area contributed by atoms with Gasteiger partial charge in [0.2, 0.25) is 0 Å². The van der Waals surface area contributed by atoms with Gasteiger partial charge in [0.1, 0.15) is 10.5 Å². The minimum atomic E-state index is 0.824. The number of rotatable bonds is 2. The summed E-state index contributed by atoms with van der Waals surface area (Å²) in [6, 6.07) is 0. The normalized spacial score (nSPS) is 9.62. The lowest BCUT2D eigenvalue weighted by molar-refractivity contribution is 0.794. The van der Waals surface area contributed by atoms with Crippen molar-refractivity contribution in [2.45, 2.75) is 6.54 Å². The standard InChI is InChI=1S/C4H7N3S/c1-5-2-4-7-6-3-8-4/h3,5H,2H2,1H3. The molecule has 0 fully saturated rings. The third-order valence-corrected chi connectivity index (χ3v) is 1.43. The SMILES string of the molecule is CNCc1nncs1. The van der Waals surface area contributed by atoms with Crippen molar-refractivity contribution in [2.24, 2.45) is 0 Å². The topological polar surface area (TPSA) is 37.8 Å². The summed E-state index contributed by atoms with van der Waals surface area (Å²) in [7, 11) is 1.89. The van der Waals surface area contributed by atoms with E-state index in [0.717, 1.165) is 11.6 Å². The molecule has 0 saturated heterocycles. The van der Waals surface area contributed by atoms with E-state index in [2.05, 4.69) is 15.5 Å². The van der Waals surface area contributed by atoms with E-state index in [4.69, 9.17) is 0 Å². The minimum absolute atomic E-state index is 0.824. The van der Waals surface area contributed by atoms with Crippen LogP contribution in [0.25, 0.3) is 0 Å². The Morgan fingerprint density at radius 1 is 1.88 bits per heavy atom. The summed E-state index contributed by atoms with van der Waals surface area (Å²) in [6.45, 7) is 0.824. The molecule has 0 radical (unpaired) electrons. The summed E-state index contributed by atoms with van der Waals surface area (Å²) in [5.41, 5.74) is 1.73. The van der Waals surface area contributed by atoms with E-state index in [0.29, 0.717) is 0 Å². The lowest BCUT2D eigenvalue weighted by Gasteiger charge is -1.86. The van der Waals surface area contributed by atoms with Gasteiger partial charge in [0.15, 0.2) is 0 Å². The van der Waals surface area contributed by atoms with Crippen LogP contribution in [0.3, 0.4) is 0 Å². The molecule has 0 aromatic carbocycles. The zero-order valence-electron chi connectivity index (χ0n) is 4.59. The second-order valence-electron chi connectivity index (χ2n) is 1.36. The van der Waals surface area contributed by atoms with E-state index >= 15 is 0 Å². The fourth-order valence-electron chi connectivity index (χ4n) is 0.424. The average Bonchev–Trinajstić information content (AvgIpc) is 2.19. The second-order valence-corrected chi connectivity index (χ2v) is 2.28. The van der Waals surface area contributed by atoms with Crippen LogP contribution in [-0.2, 0) is 6.54 Å². The quantitative estimate of drug-likeness (QED) is 0.622. The molecule has 3 nitrogen and oxygen atoms in total. The lowest BCUT2D eigenvalue weighted by Crippen LogP contribution is -2.04. The van der Waals surface area contributed by atoms with E-state index in [-0.39, 0.29) is 0 Å². The first kappa shape index (κ1) is 5.65. The highest BCUT2D eigenvalue weighted by molar-refractivity contribution is 7.09. The molecule has 1 aromatic rings. The van der Waals surface area contributed by atoms with Crippen LogP contribution in [0.2, 0.25) is 0 Å². The number of hydrogen-bond donors (Lipinski definition) is 1. The van der Waals surface area contributed by atoms with Gasteiger partial charge >= 0.3 is 0 Å². The minimum Gasteiger partial charge on any atom is -0.313 e. The Labute approximate surface area is 51.8 Å². The predicted octanol–water partition coefficient (Wildman–Crippen LogP) is 0.257. The second kappa shape index (κ2) is 2.74. The summed E-state index contributed by atoms with van der Waals surface area (Å²) < 4.78 is 0. The lowest BCUT2D eigenvalue weighted by atomic mass is 10.7. The smallest absolute Gasteiger partial charge is 0.131 e. The highest BCUT2D eigenvalue weighted by atomic mass is 32.1. The Balaban J connectivity index is 2.50. The van der Waals surface area contributed by atoms with Crippen LogP contribution in [0.1, 0.15) is 5.01 Å². The van der Waals surface area contributed by atoms with Gasteiger partial charge in [0.05, 0.1) is 0 Å². The maximum absolute atomic E-state index is 3.81. The molecule has 4 heteroatoms.